The van der Waals surface area contributed by atoms with Crippen LogP contribution >= 0.6 is 11.3 Å². The summed E-state index contributed by atoms with van der Waals surface area (Å²) >= 11 is 1.39. The van der Waals surface area contributed by atoms with Crippen LogP contribution < -0.4 is 11.1 Å². The zero-order chi connectivity index (χ0) is 17.3. The lowest BCUT2D eigenvalue weighted by molar-refractivity contribution is 0.0948. The Morgan fingerprint density at radius 1 is 1.29 bits per heavy atom. The smallest absolute Gasteiger partial charge is 0.268 e. The average Bonchev–Trinajstić information content (AvgIpc) is 3.08. The summed E-state index contributed by atoms with van der Waals surface area (Å²) in [5.41, 5.74) is 10.6. The van der Waals surface area contributed by atoms with Crippen molar-refractivity contribution in [3.8, 4) is 0 Å². The third-order valence-corrected chi connectivity index (χ3v) is 4.88. The van der Waals surface area contributed by atoms with Gasteiger partial charge in [0.05, 0.1) is 0 Å². The number of nitrogens with zero attached hydrogens (tertiary/aromatic N) is 2. The molecule has 7 heteroatoms. The highest BCUT2D eigenvalue weighted by molar-refractivity contribution is 7.15. The van der Waals surface area contributed by atoms with Crippen LogP contribution in [0.5, 0.6) is 0 Å². The second kappa shape index (κ2) is 6.60. The molecule has 2 heterocycles. The fourth-order valence-corrected chi connectivity index (χ4v) is 3.56. The van der Waals surface area contributed by atoms with E-state index >= 15 is 0 Å². The summed E-state index contributed by atoms with van der Waals surface area (Å²) in [6, 6.07) is 4.23. The molecule has 0 bridgehead atoms. The Balaban J connectivity index is 1.65. The first-order chi connectivity index (χ1) is 11.5. The van der Waals surface area contributed by atoms with Gasteiger partial charge in [-0.1, -0.05) is 23.0 Å². The summed E-state index contributed by atoms with van der Waals surface area (Å²) in [4.78, 5) is 15.7. The molecule has 4 N–H and O–H groups in total. The van der Waals surface area contributed by atoms with Crippen LogP contribution in [-0.2, 0) is 6.42 Å². The van der Waals surface area contributed by atoms with Gasteiger partial charge in [-0.05, 0) is 44.4 Å². The molecule has 3 rings (SSSR count). The second-order valence-corrected chi connectivity index (χ2v) is 7.12. The van der Waals surface area contributed by atoms with Gasteiger partial charge in [-0.2, -0.15) is 0 Å². The Kier molecular flexibility index (Phi) is 4.53. The van der Waals surface area contributed by atoms with Gasteiger partial charge in [-0.15, -0.1) is 10.2 Å². The molecule has 0 aliphatic heterocycles. The first-order valence-electron chi connectivity index (χ1n) is 7.91. The topological polar surface area (TPSA) is 96.7 Å². The monoisotopic (exact) mass is 343 g/mol. The number of H-pyrrole nitrogens is 1. The van der Waals surface area contributed by atoms with E-state index in [9.17, 15) is 4.79 Å². The molecule has 0 spiro atoms. The van der Waals surface area contributed by atoms with E-state index < -0.39 is 0 Å². The number of nitrogen functional groups attached to an aromatic ring is 1. The van der Waals surface area contributed by atoms with Gasteiger partial charge in [0.2, 0.25) is 5.13 Å². The molecule has 6 nitrogen and oxygen atoms in total. The molecule has 0 aliphatic rings. The number of hydrogen-bond donors (Lipinski definition) is 3. The van der Waals surface area contributed by atoms with E-state index in [0.717, 1.165) is 39.9 Å². The maximum Gasteiger partial charge on any atom is 0.268 e. The predicted octanol–water partition coefficient (Wildman–Crippen LogP) is 2.89. The first-order valence-corrected chi connectivity index (χ1v) is 8.73. The molecular formula is C17H21N5OS. The Bertz CT molecular complexity index is 896. The maximum absolute atomic E-state index is 12.5. The Morgan fingerprint density at radius 2 is 2.08 bits per heavy atom. The highest BCUT2D eigenvalue weighted by Gasteiger charge is 2.15. The molecule has 1 aromatic carbocycles. The highest BCUT2D eigenvalue weighted by atomic mass is 32.1. The molecule has 0 unspecified atom stereocenters. The van der Waals surface area contributed by atoms with E-state index in [4.69, 9.17) is 5.73 Å². The van der Waals surface area contributed by atoms with E-state index in [0.29, 0.717) is 17.4 Å². The van der Waals surface area contributed by atoms with E-state index in [-0.39, 0.29) is 5.91 Å². The molecule has 2 aromatic heterocycles. The zero-order valence-corrected chi connectivity index (χ0v) is 14.9. The molecule has 3 aromatic rings. The number of benzene rings is 1. The molecular weight excluding hydrogens is 322 g/mol. The van der Waals surface area contributed by atoms with Crippen molar-refractivity contribution in [2.24, 2.45) is 0 Å². The highest BCUT2D eigenvalue weighted by Crippen LogP contribution is 2.25. The van der Waals surface area contributed by atoms with Gasteiger partial charge in [-0.25, -0.2) is 0 Å². The fourth-order valence-electron chi connectivity index (χ4n) is 2.91. The van der Waals surface area contributed by atoms with Crippen molar-refractivity contribution < 1.29 is 4.79 Å². The van der Waals surface area contributed by atoms with Crippen molar-refractivity contribution in [3.63, 3.8) is 0 Å². The molecule has 0 fully saturated rings. The van der Waals surface area contributed by atoms with Crippen LogP contribution in [0, 0.1) is 20.8 Å². The third kappa shape index (κ3) is 3.26. The molecule has 126 valence electrons. The van der Waals surface area contributed by atoms with E-state index in [1.807, 2.05) is 6.92 Å². The van der Waals surface area contributed by atoms with Gasteiger partial charge in [0.15, 0.2) is 0 Å². The Morgan fingerprint density at radius 3 is 2.79 bits per heavy atom. The Hall–Kier alpha value is -2.41. The summed E-state index contributed by atoms with van der Waals surface area (Å²) in [6.45, 7) is 6.70. The number of fused-ring (bicyclic) bond motifs is 1. The number of amides is 1. The number of carbonyl (C=O) groups excluding carboxylic acids is 1. The first kappa shape index (κ1) is 16.4. The standard InChI is InChI=1S/C17H21N5OS/c1-9-7-10(2)14-12(8-9)11(3)15(20-14)16(23)19-6-4-5-13-21-22-17(18)24-13/h7-8,20H,4-6H2,1-3H3,(H2,18,22)(H,19,23). The molecule has 1 amide bonds. The van der Waals surface area contributed by atoms with E-state index in [1.165, 1.54) is 16.9 Å². The van der Waals surface area contributed by atoms with Crippen LogP contribution in [0.3, 0.4) is 0 Å². The van der Waals surface area contributed by atoms with Crippen LogP contribution in [0.2, 0.25) is 0 Å². The van der Waals surface area contributed by atoms with Crippen molar-refractivity contribution in [2.75, 3.05) is 12.3 Å². The van der Waals surface area contributed by atoms with Gasteiger partial charge >= 0.3 is 0 Å². The number of hydrogen-bond acceptors (Lipinski definition) is 5. The SMILES string of the molecule is Cc1cc(C)c2[nH]c(C(=O)NCCCc3nnc(N)s3)c(C)c2c1. The molecule has 0 saturated heterocycles. The van der Waals surface area contributed by atoms with Gasteiger partial charge < -0.3 is 16.0 Å². The lowest BCUT2D eigenvalue weighted by Crippen LogP contribution is -2.25. The number of nitrogens with one attached hydrogen (secondary N) is 2. The minimum atomic E-state index is -0.0717. The van der Waals surface area contributed by atoms with Crippen LogP contribution in [-0.4, -0.2) is 27.6 Å². The minimum absolute atomic E-state index is 0.0717. The molecule has 0 saturated carbocycles. The summed E-state index contributed by atoms with van der Waals surface area (Å²) in [5, 5.41) is 13.2. The number of aryl methyl sites for hydroxylation is 4. The minimum Gasteiger partial charge on any atom is -0.374 e. The van der Waals surface area contributed by atoms with Crippen LogP contribution in [0.4, 0.5) is 5.13 Å². The average molecular weight is 343 g/mol. The lowest BCUT2D eigenvalue weighted by atomic mass is 10.1. The largest absolute Gasteiger partial charge is 0.374 e. The van der Waals surface area contributed by atoms with Crippen LogP contribution in [0.1, 0.15) is 38.6 Å². The number of carbonyl (C=O) groups is 1. The van der Waals surface area contributed by atoms with Gasteiger partial charge in [0.1, 0.15) is 10.7 Å². The number of anilines is 1. The normalized spacial score (nSPS) is 11.1. The van der Waals surface area contributed by atoms with Gasteiger partial charge in [-0.3, -0.25) is 4.79 Å². The summed E-state index contributed by atoms with van der Waals surface area (Å²) < 4.78 is 0. The third-order valence-electron chi connectivity index (χ3n) is 4.07. The fraction of sp³-hybridized carbons (Fsp3) is 0.353. The van der Waals surface area contributed by atoms with Crippen LogP contribution in [0.25, 0.3) is 10.9 Å². The predicted molar refractivity (Wildman–Crippen MR) is 97.5 cm³/mol. The Labute approximate surface area is 144 Å². The van der Waals surface area contributed by atoms with E-state index in [1.54, 1.807) is 0 Å². The molecule has 0 atom stereocenters. The maximum atomic E-state index is 12.5. The summed E-state index contributed by atoms with van der Waals surface area (Å²) in [5.74, 6) is -0.0717. The second-order valence-electron chi connectivity index (χ2n) is 6.02. The number of aromatic amines is 1. The van der Waals surface area contributed by atoms with Crippen molar-refractivity contribution in [1.29, 1.82) is 0 Å². The van der Waals surface area contributed by atoms with Crippen molar-refractivity contribution in [1.82, 2.24) is 20.5 Å². The number of aromatic nitrogens is 3. The van der Waals surface area contributed by atoms with Gasteiger partial charge in [0.25, 0.3) is 5.91 Å². The summed E-state index contributed by atoms with van der Waals surface area (Å²) in [6.07, 6.45) is 1.57. The van der Waals surface area contributed by atoms with E-state index in [2.05, 4.69) is 46.5 Å². The van der Waals surface area contributed by atoms with Crippen molar-refractivity contribution >= 4 is 33.3 Å². The summed E-state index contributed by atoms with van der Waals surface area (Å²) in [7, 11) is 0. The van der Waals surface area contributed by atoms with Crippen LogP contribution in [0.15, 0.2) is 12.1 Å². The number of rotatable bonds is 5. The number of nitrogens with two attached hydrogens (primary N) is 1. The molecule has 24 heavy (non-hydrogen) atoms. The van der Waals surface area contributed by atoms with Gasteiger partial charge in [0, 0.05) is 23.9 Å². The quantitative estimate of drug-likeness (QED) is 0.621. The van der Waals surface area contributed by atoms with Crippen molar-refractivity contribution in [2.45, 2.75) is 33.6 Å². The molecule has 0 aliphatic carbocycles. The zero-order valence-electron chi connectivity index (χ0n) is 14.1. The lowest BCUT2D eigenvalue weighted by Gasteiger charge is -2.03. The van der Waals surface area contributed by atoms with Crippen molar-refractivity contribution in [3.05, 3.63) is 39.5 Å². The molecule has 0 radical (unpaired) electrons.